The number of aliphatic hydroxyl groups excluding tert-OH is 2. The van der Waals surface area contributed by atoms with Crippen LogP contribution in [0.5, 0.6) is 11.5 Å². The van der Waals surface area contributed by atoms with Crippen LogP contribution in [-0.4, -0.2) is 62.1 Å². The van der Waals surface area contributed by atoms with Gasteiger partial charge in [0, 0.05) is 24.0 Å². The van der Waals surface area contributed by atoms with Crippen LogP contribution in [0, 0.1) is 0 Å². The Morgan fingerprint density at radius 3 is 1.50 bits per heavy atom. The van der Waals surface area contributed by atoms with Gasteiger partial charge in [0.2, 0.25) is 0 Å². The van der Waals surface area contributed by atoms with Crippen molar-refractivity contribution in [2.75, 3.05) is 39.6 Å². The predicted octanol–water partition coefficient (Wildman–Crippen LogP) is 3.95. The first kappa shape index (κ1) is 24.4. The zero-order valence-corrected chi connectivity index (χ0v) is 18.2. The molecule has 6 heteroatoms. The Morgan fingerprint density at radius 1 is 0.667 bits per heavy atom. The highest BCUT2D eigenvalue weighted by molar-refractivity contribution is 5.93. The summed E-state index contributed by atoms with van der Waals surface area (Å²) >= 11 is 0. The van der Waals surface area contributed by atoms with Crippen LogP contribution < -0.4 is 9.47 Å². The number of hydrogen-bond donors (Lipinski definition) is 2. The van der Waals surface area contributed by atoms with Crippen LogP contribution in [0.4, 0.5) is 0 Å². The van der Waals surface area contributed by atoms with Crippen molar-refractivity contribution in [3.05, 3.63) is 36.4 Å². The Bertz CT molecular complexity index is 659. The molecule has 0 aliphatic heterocycles. The second-order valence-corrected chi connectivity index (χ2v) is 7.39. The fourth-order valence-corrected chi connectivity index (χ4v) is 2.90. The molecule has 6 nitrogen and oxygen atoms in total. The summed E-state index contributed by atoms with van der Waals surface area (Å²) in [6.45, 7) is 6.34. The lowest BCUT2D eigenvalue weighted by atomic mass is 10.1. The molecule has 168 valence electrons. The van der Waals surface area contributed by atoms with Gasteiger partial charge in [-0.05, 0) is 25.0 Å². The average Bonchev–Trinajstić information content (AvgIpc) is 2.76. The van der Waals surface area contributed by atoms with E-state index in [-0.39, 0.29) is 26.4 Å². The highest BCUT2D eigenvalue weighted by atomic mass is 16.5. The third kappa shape index (κ3) is 8.48. The molecule has 2 N–H and O–H groups in total. The van der Waals surface area contributed by atoms with E-state index in [1.54, 1.807) is 0 Å². The number of unbranched alkanes of at least 4 members (excludes halogenated alkanes) is 2. The quantitative estimate of drug-likeness (QED) is 0.401. The minimum atomic E-state index is -0.681. The van der Waals surface area contributed by atoms with E-state index in [9.17, 15) is 10.2 Å². The van der Waals surface area contributed by atoms with E-state index in [0.29, 0.717) is 24.7 Å². The largest absolute Gasteiger partial charge is 0.490 e. The monoisotopic (exact) mass is 420 g/mol. The van der Waals surface area contributed by atoms with Gasteiger partial charge in [-0.15, -0.1) is 0 Å². The maximum absolute atomic E-state index is 10.1. The van der Waals surface area contributed by atoms with E-state index in [1.165, 1.54) is 0 Å². The fourth-order valence-electron chi connectivity index (χ4n) is 2.90. The maximum Gasteiger partial charge on any atom is 0.127 e. The molecule has 0 aliphatic carbocycles. The Kier molecular flexibility index (Phi) is 11.6. The molecule has 0 aromatic heterocycles. The Hall–Kier alpha value is -1.86. The highest BCUT2D eigenvalue weighted by Gasteiger charge is 2.11. The summed E-state index contributed by atoms with van der Waals surface area (Å²) < 4.78 is 22.6. The molecule has 0 amide bonds. The highest BCUT2D eigenvalue weighted by Crippen LogP contribution is 2.32. The van der Waals surface area contributed by atoms with Crippen LogP contribution >= 0.6 is 0 Å². The Balaban J connectivity index is 1.90. The van der Waals surface area contributed by atoms with Gasteiger partial charge >= 0.3 is 0 Å². The number of ether oxygens (including phenoxy) is 4. The van der Waals surface area contributed by atoms with E-state index in [1.807, 2.05) is 36.4 Å². The lowest BCUT2D eigenvalue weighted by Gasteiger charge is -2.16. The summed E-state index contributed by atoms with van der Waals surface area (Å²) in [5.41, 5.74) is 0. The normalized spacial score (nSPS) is 13.3. The van der Waals surface area contributed by atoms with Gasteiger partial charge in [-0.2, -0.15) is 0 Å². The van der Waals surface area contributed by atoms with Gasteiger partial charge in [0.25, 0.3) is 0 Å². The SMILES string of the molecule is CCCCOCC(O)COc1cccc2c(OCC(O)COCCCC)cccc12. The van der Waals surface area contributed by atoms with Gasteiger partial charge in [-0.25, -0.2) is 0 Å². The van der Waals surface area contributed by atoms with Crippen molar-refractivity contribution in [2.45, 2.75) is 51.7 Å². The molecule has 2 aromatic rings. The van der Waals surface area contributed by atoms with Crippen molar-refractivity contribution >= 4 is 10.8 Å². The molecule has 0 fully saturated rings. The van der Waals surface area contributed by atoms with Crippen LogP contribution in [0.25, 0.3) is 10.8 Å². The number of aliphatic hydroxyl groups is 2. The molecule has 0 radical (unpaired) electrons. The van der Waals surface area contributed by atoms with E-state index in [2.05, 4.69) is 13.8 Å². The number of fused-ring (bicyclic) bond motifs is 1. The zero-order chi connectivity index (χ0) is 21.6. The molecular weight excluding hydrogens is 384 g/mol. The third-order valence-corrected chi connectivity index (χ3v) is 4.61. The second kappa shape index (κ2) is 14.2. The summed E-state index contributed by atoms with van der Waals surface area (Å²) in [7, 11) is 0. The molecule has 0 saturated carbocycles. The predicted molar refractivity (Wildman–Crippen MR) is 118 cm³/mol. The molecule has 2 unspecified atom stereocenters. The van der Waals surface area contributed by atoms with Gasteiger partial charge in [0.1, 0.15) is 36.9 Å². The maximum atomic E-state index is 10.1. The van der Waals surface area contributed by atoms with Crippen molar-refractivity contribution in [1.29, 1.82) is 0 Å². The van der Waals surface area contributed by atoms with E-state index < -0.39 is 12.2 Å². The summed E-state index contributed by atoms with van der Waals surface area (Å²) in [4.78, 5) is 0. The number of hydrogen-bond acceptors (Lipinski definition) is 6. The molecule has 0 saturated heterocycles. The van der Waals surface area contributed by atoms with Crippen molar-refractivity contribution < 1.29 is 29.2 Å². The van der Waals surface area contributed by atoms with Gasteiger partial charge in [-0.3, -0.25) is 0 Å². The molecule has 0 spiro atoms. The molecule has 2 atom stereocenters. The first-order valence-corrected chi connectivity index (χ1v) is 10.9. The van der Waals surface area contributed by atoms with Crippen molar-refractivity contribution in [3.8, 4) is 11.5 Å². The zero-order valence-electron chi connectivity index (χ0n) is 18.2. The number of rotatable bonds is 16. The average molecular weight is 421 g/mol. The van der Waals surface area contributed by atoms with Crippen LogP contribution in [0.15, 0.2) is 36.4 Å². The van der Waals surface area contributed by atoms with Gasteiger partial charge in [-0.1, -0.05) is 51.0 Å². The van der Waals surface area contributed by atoms with Crippen molar-refractivity contribution in [2.24, 2.45) is 0 Å². The summed E-state index contributed by atoms with van der Waals surface area (Å²) in [6.07, 6.45) is 2.74. The molecule has 30 heavy (non-hydrogen) atoms. The standard InChI is InChI=1S/C24H36O6/c1-3-5-13-27-15-19(25)17-29-23-11-7-10-22-21(23)9-8-12-24(22)30-18-20(26)16-28-14-6-4-2/h7-12,19-20,25-26H,3-6,13-18H2,1-2H3. The first-order valence-electron chi connectivity index (χ1n) is 10.9. The molecule has 2 rings (SSSR count). The molecule has 0 aliphatic rings. The van der Waals surface area contributed by atoms with E-state index in [4.69, 9.17) is 18.9 Å². The fraction of sp³-hybridized carbons (Fsp3) is 0.583. The van der Waals surface area contributed by atoms with Crippen LogP contribution in [-0.2, 0) is 9.47 Å². The molecule has 2 aromatic carbocycles. The second-order valence-electron chi connectivity index (χ2n) is 7.39. The van der Waals surface area contributed by atoms with Crippen LogP contribution in [0.2, 0.25) is 0 Å². The summed E-state index contributed by atoms with van der Waals surface area (Å²) in [5, 5.41) is 21.9. The smallest absolute Gasteiger partial charge is 0.127 e. The molecule has 0 bridgehead atoms. The minimum Gasteiger partial charge on any atom is -0.490 e. The molecular formula is C24H36O6. The molecule has 0 heterocycles. The van der Waals surface area contributed by atoms with Crippen LogP contribution in [0.3, 0.4) is 0 Å². The summed E-state index contributed by atoms with van der Waals surface area (Å²) in [5.74, 6) is 1.35. The minimum absolute atomic E-state index is 0.157. The topological polar surface area (TPSA) is 77.4 Å². The van der Waals surface area contributed by atoms with Crippen molar-refractivity contribution in [3.63, 3.8) is 0 Å². The third-order valence-electron chi connectivity index (χ3n) is 4.61. The van der Waals surface area contributed by atoms with Crippen molar-refractivity contribution in [1.82, 2.24) is 0 Å². The summed E-state index contributed by atoms with van der Waals surface area (Å²) in [6, 6.07) is 11.4. The lowest BCUT2D eigenvalue weighted by molar-refractivity contribution is 0.0113. The van der Waals surface area contributed by atoms with Crippen LogP contribution in [0.1, 0.15) is 39.5 Å². The number of benzene rings is 2. The van der Waals surface area contributed by atoms with E-state index >= 15 is 0 Å². The van der Waals surface area contributed by atoms with Gasteiger partial charge in [0.15, 0.2) is 0 Å². The van der Waals surface area contributed by atoms with Gasteiger partial charge in [0.05, 0.1) is 13.2 Å². The lowest BCUT2D eigenvalue weighted by Crippen LogP contribution is -2.24. The first-order chi connectivity index (χ1) is 14.7. The Morgan fingerprint density at radius 2 is 1.10 bits per heavy atom. The Labute approximate surface area is 179 Å². The van der Waals surface area contributed by atoms with Gasteiger partial charge < -0.3 is 29.2 Å². The van der Waals surface area contributed by atoms with E-state index in [0.717, 1.165) is 36.5 Å².